The van der Waals surface area contributed by atoms with Crippen molar-refractivity contribution in [2.45, 2.75) is 38.6 Å². The summed E-state index contributed by atoms with van der Waals surface area (Å²) in [7, 11) is 2.07. The van der Waals surface area contributed by atoms with Crippen molar-refractivity contribution in [3.8, 4) is 0 Å². The molecule has 0 aliphatic carbocycles. The summed E-state index contributed by atoms with van der Waals surface area (Å²) in [6.07, 6.45) is 4.59. The Morgan fingerprint density at radius 3 is 3.00 bits per heavy atom. The van der Waals surface area contributed by atoms with Gasteiger partial charge in [-0.3, -0.25) is 4.79 Å². The first-order valence-electron chi connectivity index (χ1n) is 6.43. The van der Waals surface area contributed by atoms with Gasteiger partial charge in [-0.25, -0.2) is 0 Å². The minimum atomic E-state index is 0.0365. The van der Waals surface area contributed by atoms with Gasteiger partial charge in [0.25, 0.3) is 0 Å². The lowest BCUT2D eigenvalue weighted by Gasteiger charge is -2.18. The molecule has 4 heteroatoms. The maximum atomic E-state index is 11.8. The quantitative estimate of drug-likeness (QED) is 0.722. The number of nitrogens with one attached hydrogen (secondary N) is 2. The van der Waals surface area contributed by atoms with Gasteiger partial charge in [-0.2, -0.15) is 0 Å². The van der Waals surface area contributed by atoms with Crippen LogP contribution in [0.1, 0.15) is 32.6 Å². The molecular formula is C12H25N3O. The monoisotopic (exact) mass is 227 g/mol. The Morgan fingerprint density at radius 2 is 2.25 bits per heavy atom. The summed E-state index contributed by atoms with van der Waals surface area (Å²) in [6.45, 7) is 5.80. The van der Waals surface area contributed by atoms with Crippen LogP contribution >= 0.6 is 0 Å². The van der Waals surface area contributed by atoms with E-state index in [2.05, 4.69) is 29.5 Å². The maximum absolute atomic E-state index is 11.8. The Bertz CT molecular complexity index is 200. The molecule has 16 heavy (non-hydrogen) atoms. The van der Waals surface area contributed by atoms with Crippen LogP contribution in [0.25, 0.3) is 0 Å². The standard InChI is InChI=1S/C12H25N3O/c1-3-15(2)10-9-14-12(16)11-7-5-4-6-8-13-11/h11,13H,3-10H2,1-2H3,(H,14,16). The third kappa shape index (κ3) is 4.94. The van der Waals surface area contributed by atoms with Crippen molar-refractivity contribution in [2.24, 2.45) is 0 Å². The van der Waals surface area contributed by atoms with Crippen molar-refractivity contribution < 1.29 is 4.79 Å². The van der Waals surface area contributed by atoms with Gasteiger partial charge in [-0.15, -0.1) is 0 Å². The van der Waals surface area contributed by atoms with Gasteiger partial charge in [0.2, 0.25) is 5.91 Å². The van der Waals surface area contributed by atoms with Crippen LogP contribution in [0.15, 0.2) is 0 Å². The third-order valence-electron chi connectivity index (χ3n) is 3.21. The fraction of sp³-hybridized carbons (Fsp3) is 0.917. The normalized spacial score (nSPS) is 21.8. The average Bonchev–Trinajstić information content (AvgIpc) is 2.57. The second-order valence-corrected chi connectivity index (χ2v) is 4.54. The molecule has 2 N–H and O–H groups in total. The molecule has 0 spiro atoms. The zero-order valence-corrected chi connectivity index (χ0v) is 10.6. The molecule has 1 saturated heterocycles. The number of nitrogens with zero attached hydrogens (tertiary/aromatic N) is 1. The van der Waals surface area contributed by atoms with E-state index in [-0.39, 0.29) is 11.9 Å². The van der Waals surface area contributed by atoms with Crippen LogP contribution in [-0.2, 0) is 4.79 Å². The highest BCUT2D eigenvalue weighted by atomic mass is 16.2. The van der Waals surface area contributed by atoms with Crippen LogP contribution < -0.4 is 10.6 Å². The summed E-state index contributed by atoms with van der Waals surface area (Å²) >= 11 is 0. The number of hydrogen-bond acceptors (Lipinski definition) is 3. The number of hydrogen-bond donors (Lipinski definition) is 2. The van der Waals surface area contributed by atoms with Gasteiger partial charge >= 0.3 is 0 Å². The van der Waals surface area contributed by atoms with Gasteiger partial charge in [-0.1, -0.05) is 19.8 Å². The molecule has 1 amide bonds. The van der Waals surface area contributed by atoms with E-state index in [1.54, 1.807) is 0 Å². The van der Waals surface area contributed by atoms with E-state index in [1.165, 1.54) is 19.3 Å². The SMILES string of the molecule is CCN(C)CCNC(=O)C1CCCCCN1. The Balaban J connectivity index is 2.17. The minimum Gasteiger partial charge on any atom is -0.353 e. The van der Waals surface area contributed by atoms with E-state index in [0.717, 1.165) is 32.6 Å². The second-order valence-electron chi connectivity index (χ2n) is 4.54. The lowest BCUT2D eigenvalue weighted by molar-refractivity contribution is -0.123. The highest BCUT2D eigenvalue weighted by Crippen LogP contribution is 2.08. The number of amides is 1. The molecule has 0 aromatic rings. The van der Waals surface area contributed by atoms with E-state index in [0.29, 0.717) is 0 Å². The van der Waals surface area contributed by atoms with Crippen molar-refractivity contribution >= 4 is 5.91 Å². The molecular weight excluding hydrogens is 202 g/mol. The number of carbonyl (C=O) groups excluding carboxylic acids is 1. The molecule has 0 aromatic carbocycles. The van der Waals surface area contributed by atoms with Gasteiger partial charge in [0, 0.05) is 13.1 Å². The molecule has 1 fully saturated rings. The highest BCUT2D eigenvalue weighted by molar-refractivity contribution is 5.81. The molecule has 0 saturated carbocycles. The minimum absolute atomic E-state index is 0.0365. The second kappa shape index (κ2) is 7.63. The Labute approximate surface area is 98.8 Å². The van der Waals surface area contributed by atoms with Crippen LogP contribution in [0.5, 0.6) is 0 Å². The Morgan fingerprint density at radius 1 is 1.44 bits per heavy atom. The van der Waals surface area contributed by atoms with Crippen LogP contribution in [0, 0.1) is 0 Å². The van der Waals surface area contributed by atoms with E-state index in [9.17, 15) is 4.79 Å². The van der Waals surface area contributed by atoms with Crippen molar-refractivity contribution in [3.05, 3.63) is 0 Å². The lowest BCUT2D eigenvalue weighted by atomic mass is 10.1. The molecule has 1 atom stereocenters. The molecule has 1 aliphatic heterocycles. The van der Waals surface area contributed by atoms with E-state index >= 15 is 0 Å². The van der Waals surface area contributed by atoms with Crippen molar-refractivity contribution in [3.63, 3.8) is 0 Å². The third-order valence-corrected chi connectivity index (χ3v) is 3.21. The van der Waals surface area contributed by atoms with Crippen molar-refractivity contribution in [1.29, 1.82) is 0 Å². The Kier molecular flexibility index (Phi) is 6.42. The molecule has 1 heterocycles. The zero-order chi connectivity index (χ0) is 11.8. The van der Waals surface area contributed by atoms with Crippen LogP contribution in [0.2, 0.25) is 0 Å². The molecule has 0 radical (unpaired) electrons. The zero-order valence-electron chi connectivity index (χ0n) is 10.6. The first-order chi connectivity index (χ1) is 7.74. The van der Waals surface area contributed by atoms with Crippen molar-refractivity contribution in [2.75, 3.05) is 33.2 Å². The fourth-order valence-corrected chi connectivity index (χ4v) is 1.90. The molecule has 4 nitrogen and oxygen atoms in total. The summed E-state index contributed by atoms with van der Waals surface area (Å²) in [5.41, 5.74) is 0. The highest BCUT2D eigenvalue weighted by Gasteiger charge is 2.18. The summed E-state index contributed by atoms with van der Waals surface area (Å²) in [6, 6.07) is 0.0365. The number of carbonyl (C=O) groups is 1. The summed E-state index contributed by atoms with van der Waals surface area (Å²) in [4.78, 5) is 14.0. The number of likely N-dealkylation sites (N-methyl/N-ethyl adjacent to an activating group) is 1. The number of rotatable bonds is 5. The van der Waals surface area contributed by atoms with Gasteiger partial charge in [0.15, 0.2) is 0 Å². The maximum Gasteiger partial charge on any atom is 0.237 e. The Hall–Kier alpha value is -0.610. The lowest BCUT2D eigenvalue weighted by Crippen LogP contribution is -2.45. The molecule has 1 aliphatic rings. The fourth-order valence-electron chi connectivity index (χ4n) is 1.90. The van der Waals surface area contributed by atoms with Gasteiger partial charge < -0.3 is 15.5 Å². The van der Waals surface area contributed by atoms with E-state index in [1.807, 2.05) is 0 Å². The molecule has 0 aromatic heterocycles. The average molecular weight is 227 g/mol. The summed E-state index contributed by atoms with van der Waals surface area (Å²) in [5.74, 6) is 0.173. The predicted octanol–water partition coefficient (Wildman–Crippen LogP) is 0.587. The summed E-state index contributed by atoms with van der Waals surface area (Å²) < 4.78 is 0. The molecule has 1 rings (SSSR count). The van der Waals surface area contributed by atoms with Gasteiger partial charge in [0.1, 0.15) is 0 Å². The molecule has 1 unspecified atom stereocenters. The molecule has 0 bridgehead atoms. The van der Waals surface area contributed by atoms with Crippen LogP contribution in [0.4, 0.5) is 0 Å². The van der Waals surface area contributed by atoms with E-state index in [4.69, 9.17) is 0 Å². The van der Waals surface area contributed by atoms with Crippen LogP contribution in [0.3, 0.4) is 0 Å². The predicted molar refractivity (Wildman–Crippen MR) is 66.4 cm³/mol. The van der Waals surface area contributed by atoms with Gasteiger partial charge in [0.05, 0.1) is 6.04 Å². The van der Waals surface area contributed by atoms with Crippen LogP contribution in [-0.4, -0.2) is 50.1 Å². The first-order valence-corrected chi connectivity index (χ1v) is 6.43. The largest absolute Gasteiger partial charge is 0.353 e. The van der Waals surface area contributed by atoms with Crippen molar-refractivity contribution in [1.82, 2.24) is 15.5 Å². The first kappa shape index (κ1) is 13.5. The van der Waals surface area contributed by atoms with E-state index < -0.39 is 0 Å². The molecule has 94 valence electrons. The smallest absolute Gasteiger partial charge is 0.237 e. The summed E-state index contributed by atoms with van der Waals surface area (Å²) in [5, 5.41) is 6.31. The van der Waals surface area contributed by atoms with Gasteiger partial charge in [-0.05, 0) is 33.0 Å². The topological polar surface area (TPSA) is 44.4 Å².